The van der Waals surface area contributed by atoms with Crippen molar-refractivity contribution in [2.75, 3.05) is 6.54 Å². The number of carbonyl (C=O) groups is 4. The zero-order chi connectivity index (χ0) is 27.1. The first-order chi connectivity index (χ1) is 18.3. The Hall–Kier alpha value is -4.18. The second kappa shape index (κ2) is 12.4. The number of aliphatic carboxylic acids is 1. The van der Waals surface area contributed by atoms with Gasteiger partial charge in [-0.2, -0.15) is 0 Å². The third kappa shape index (κ3) is 6.77. The van der Waals surface area contributed by atoms with Gasteiger partial charge in [0.1, 0.15) is 18.1 Å². The zero-order valence-electron chi connectivity index (χ0n) is 21.2. The molecule has 0 aliphatic carbocycles. The Balaban J connectivity index is 1.46. The molecule has 4 unspecified atom stereocenters. The van der Waals surface area contributed by atoms with Gasteiger partial charge in [0.05, 0.1) is 6.04 Å². The van der Waals surface area contributed by atoms with Crippen LogP contribution in [0.1, 0.15) is 30.9 Å². The van der Waals surface area contributed by atoms with Gasteiger partial charge in [0.15, 0.2) is 0 Å². The highest BCUT2D eigenvalue weighted by Crippen LogP contribution is 2.19. The molecule has 3 amide bonds. The van der Waals surface area contributed by atoms with Gasteiger partial charge in [-0.3, -0.25) is 14.4 Å². The Labute approximate surface area is 220 Å². The molecule has 1 aliphatic rings. The Kier molecular flexibility index (Phi) is 8.75. The molecule has 4 atom stereocenters. The van der Waals surface area contributed by atoms with E-state index in [0.29, 0.717) is 6.42 Å². The molecule has 2 heterocycles. The number of rotatable bonds is 11. The summed E-state index contributed by atoms with van der Waals surface area (Å²) in [5, 5.41) is 21.8. The Morgan fingerprint density at radius 1 is 0.921 bits per heavy atom. The van der Waals surface area contributed by atoms with Crippen LogP contribution in [-0.2, 0) is 32.0 Å². The van der Waals surface area contributed by atoms with Crippen LogP contribution in [0.5, 0.6) is 0 Å². The minimum absolute atomic E-state index is 0.0674. The zero-order valence-corrected chi connectivity index (χ0v) is 21.2. The molecular weight excluding hydrogens is 486 g/mol. The van der Waals surface area contributed by atoms with E-state index in [1.54, 1.807) is 13.1 Å². The molecule has 200 valence electrons. The van der Waals surface area contributed by atoms with E-state index in [4.69, 9.17) is 0 Å². The highest BCUT2D eigenvalue weighted by atomic mass is 16.4. The molecule has 10 heteroatoms. The number of benzene rings is 2. The predicted octanol–water partition coefficient (Wildman–Crippen LogP) is 1.26. The second-order valence-corrected chi connectivity index (χ2v) is 9.59. The van der Waals surface area contributed by atoms with E-state index >= 15 is 0 Å². The van der Waals surface area contributed by atoms with Crippen LogP contribution in [0.3, 0.4) is 0 Å². The summed E-state index contributed by atoms with van der Waals surface area (Å²) in [6.45, 7) is 2.30. The Bertz CT molecular complexity index is 1290. The summed E-state index contributed by atoms with van der Waals surface area (Å²) in [4.78, 5) is 54.0. The number of carbonyl (C=O) groups excluding carboxylic acids is 3. The Morgan fingerprint density at radius 3 is 2.34 bits per heavy atom. The first kappa shape index (κ1) is 26.9. The molecule has 1 aliphatic heterocycles. The number of carboxylic acids is 1. The normalized spacial score (nSPS) is 17.3. The fourth-order valence-electron chi connectivity index (χ4n) is 4.64. The molecule has 1 aromatic heterocycles. The number of carboxylic acid groups (broad SMARTS) is 1. The van der Waals surface area contributed by atoms with E-state index in [2.05, 4.69) is 26.3 Å². The van der Waals surface area contributed by atoms with E-state index in [1.807, 2.05) is 54.6 Å². The van der Waals surface area contributed by atoms with Crippen LogP contribution in [0.15, 0.2) is 60.8 Å². The average molecular weight is 520 g/mol. The first-order valence-corrected chi connectivity index (χ1v) is 12.8. The van der Waals surface area contributed by atoms with Gasteiger partial charge in [0.25, 0.3) is 0 Å². The standard InChI is InChI=1S/C28H33N5O5/c1-17(31-26(35)22-12-7-13-29-22)25(34)32-23(14-18-8-3-2-4-9-18)27(36)33-24(28(37)38)15-19-16-30-21-11-6-5-10-20(19)21/h2-6,8-11,16-17,22-24,29-30H,7,12-15H2,1H3,(H,31,35)(H,32,34)(H,33,36)(H,37,38). The number of amides is 3. The van der Waals surface area contributed by atoms with Crippen molar-refractivity contribution < 1.29 is 24.3 Å². The summed E-state index contributed by atoms with van der Waals surface area (Å²) in [5.41, 5.74) is 2.42. The van der Waals surface area contributed by atoms with E-state index in [9.17, 15) is 24.3 Å². The van der Waals surface area contributed by atoms with Crippen LogP contribution in [0.4, 0.5) is 0 Å². The maximum absolute atomic E-state index is 13.3. The molecular formula is C28H33N5O5. The molecule has 3 aromatic rings. The SMILES string of the molecule is CC(NC(=O)C1CCCN1)C(=O)NC(Cc1ccccc1)C(=O)NC(Cc1c[nH]c2ccccc12)C(=O)O. The van der Waals surface area contributed by atoms with Crippen molar-refractivity contribution in [1.29, 1.82) is 0 Å². The highest BCUT2D eigenvalue weighted by Gasteiger charge is 2.30. The number of fused-ring (bicyclic) bond motifs is 1. The third-order valence-corrected chi connectivity index (χ3v) is 6.76. The molecule has 6 N–H and O–H groups in total. The molecule has 10 nitrogen and oxygen atoms in total. The van der Waals surface area contributed by atoms with E-state index in [-0.39, 0.29) is 24.8 Å². The van der Waals surface area contributed by atoms with E-state index in [1.165, 1.54) is 0 Å². The molecule has 1 saturated heterocycles. The lowest BCUT2D eigenvalue weighted by Crippen LogP contribution is -2.57. The second-order valence-electron chi connectivity index (χ2n) is 9.59. The monoisotopic (exact) mass is 519 g/mol. The van der Waals surface area contributed by atoms with Gasteiger partial charge < -0.3 is 31.4 Å². The van der Waals surface area contributed by atoms with Gasteiger partial charge in [-0.25, -0.2) is 4.79 Å². The lowest BCUT2D eigenvalue weighted by atomic mass is 10.0. The van der Waals surface area contributed by atoms with Crippen LogP contribution >= 0.6 is 0 Å². The summed E-state index contributed by atoms with van der Waals surface area (Å²) in [5.74, 6) is -2.60. The molecule has 1 fully saturated rings. The van der Waals surface area contributed by atoms with Crippen molar-refractivity contribution in [3.8, 4) is 0 Å². The van der Waals surface area contributed by atoms with Crippen molar-refractivity contribution in [3.63, 3.8) is 0 Å². The fraction of sp³-hybridized carbons (Fsp3) is 0.357. The lowest BCUT2D eigenvalue weighted by molar-refractivity contribution is -0.142. The summed E-state index contributed by atoms with van der Waals surface area (Å²) < 4.78 is 0. The van der Waals surface area contributed by atoms with Crippen LogP contribution in [0.25, 0.3) is 10.9 Å². The minimum Gasteiger partial charge on any atom is -0.480 e. The molecule has 2 aromatic carbocycles. The number of aromatic nitrogens is 1. The van der Waals surface area contributed by atoms with Crippen molar-refractivity contribution in [1.82, 2.24) is 26.3 Å². The average Bonchev–Trinajstić information content (AvgIpc) is 3.59. The van der Waals surface area contributed by atoms with Crippen LogP contribution in [-0.4, -0.2) is 64.5 Å². The number of hydrogen-bond acceptors (Lipinski definition) is 5. The molecule has 0 radical (unpaired) electrons. The number of aromatic amines is 1. The van der Waals surface area contributed by atoms with Crippen molar-refractivity contribution >= 4 is 34.6 Å². The van der Waals surface area contributed by atoms with Crippen LogP contribution < -0.4 is 21.3 Å². The van der Waals surface area contributed by atoms with Crippen molar-refractivity contribution in [2.45, 2.75) is 56.8 Å². The number of para-hydroxylation sites is 1. The fourth-order valence-corrected chi connectivity index (χ4v) is 4.64. The summed E-state index contributed by atoms with van der Waals surface area (Å²) in [6.07, 6.45) is 3.55. The van der Waals surface area contributed by atoms with Crippen LogP contribution in [0.2, 0.25) is 0 Å². The largest absolute Gasteiger partial charge is 0.480 e. The number of nitrogens with one attached hydrogen (secondary N) is 5. The number of H-pyrrole nitrogens is 1. The topological polar surface area (TPSA) is 152 Å². The lowest BCUT2D eigenvalue weighted by Gasteiger charge is -2.24. The first-order valence-electron chi connectivity index (χ1n) is 12.8. The maximum Gasteiger partial charge on any atom is 0.326 e. The molecule has 0 bridgehead atoms. The number of hydrogen-bond donors (Lipinski definition) is 6. The third-order valence-electron chi connectivity index (χ3n) is 6.76. The highest BCUT2D eigenvalue weighted by molar-refractivity contribution is 5.94. The van der Waals surface area contributed by atoms with Gasteiger partial charge in [-0.1, -0.05) is 48.5 Å². The Morgan fingerprint density at radius 2 is 1.63 bits per heavy atom. The summed E-state index contributed by atoms with van der Waals surface area (Å²) in [6, 6.07) is 13.2. The molecule has 0 saturated carbocycles. The van der Waals surface area contributed by atoms with E-state index in [0.717, 1.165) is 35.0 Å². The quantitative estimate of drug-likeness (QED) is 0.224. The molecule has 38 heavy (non-hydrogen) atoms. The summed E-state index contributed by atoms with van der Waals surface area (Å²) >= 11 is 0. The molecule has 0 spiro atoms. The van der Waals surface area contributed by atoms with Crippen molar-refractivity contribution in [3.05, 3.63) is 71.9 Å². The van der Waals surface area contributed by atoms with Gasteiger partial charge in [-0.05, 0) is 43.5 Å². The summed E-state index contributed by atoms with van der Waals surface area (Å²) in [7, 11) is 0. The van der Waals surface area contributed by atoms with Crippen LogP contribution in [0, 0.1) is 0 Å². The van der Waals surface area contributed by atoms with E-state index < -0.39 is 35.9 Å². The van der Waals surface area contributed by atoms with Gasteiger partial charge in [0, 0.05) is 29.9 Å². The predicted molar refractivity (Wildman–Crippen MR) is 142 cm³/mol. The van der Waals surface area contributed by atoms with Gasteiger partial charge in [0.2, 0.25) is 17.7 Å². The maximum atomic E-state index is 13.3. The van der Waals surface area contributed by atoms with Gasteiger partial charge >= 0.3 is 5.97 Å². The minimum atomic E-state index is -1.21. The molecule has 4 rings (SSSR count). The smallest absolute Gasteiger partial charge is 0.326 e. The van der Waals surface area contributed by atoms with Crippen molar-refractivity contribution in [2.24, 2.45) is 0 Å². The van der Waals surface area contributed by atoms with Gasteiger partial charge in [-0.15, -0.1) is 0 Å².